The number of alkyl halides is 1. The molecule has 114 valence electrons. The van der Waals surface area contributed by atoms with Crippen molar-refractivity contribution in [1.82, 2.24) is 4.90 Å². The number of halogens is 2. The zero-order valence-corrected chi connectivity index (χ0v) is 13.8. The minimum absolute atomic E-state index is 0.0926. The Morgan fingerprint density at radius 1 is 1.38 bits per heavy atom. The summed E-state index contributed by atoms with van der Waals surface area (Å²) >= 11 is 9.03. The van der Waals surface area contributed by atoms with Gasteiger partial charge in [-0.1, -0.05) is 28.8 Å². The van der Waals surface area contributed by atoms with Crippen molar-refractivity contribution in [3.8, 4) is 0 Å². The van der Waals surface area contributed by atoms with Crippen molar-refractivity contribution in [1.29, 1.82) is 0 Å². The zero-order valence-electron chi connectivity index (χ0n) is 11.4. The third kappa shape index (κ3) is 3.95. The molecule has 1 aromatic rings. The molecule has 7 heteroatoms. The quantitative estimate of drug-likeness (QED) is 0.444. The molecule has 0 N–H and O–H groups in total. The van der Waals surface area contributed by atoms with E-state index in [-0.39, 0.29) is 17.6 Å². The van der Waals surface area contributed by atoms with E-state index in [1.165, 1.54) is 12.1 Å². The van der Waals surface area contributed by atoms with Gasteiger partial charge in [-0.25, -0.2) is 0 Å². The molecule has 0 aromatic heterocycles. The van der Waals surface area contributed by atoms with Crippen molar-refractivity contribution in [3.05, 3.63) is 38.3 Å². The van der Waals surface area contributed by atoms with Gasteiger partial charge < -0.3 is 4.90 Å². The third-order valence-electron chi connectivity index (χ3n) is 3.69. The molecule has 0 radical (unpaired) electrons. The number of carbonyl (C=O) groups excluding carboxylic acids is 1. The number of nitro groups is 1. The Kier molecular flexibility index (Phi) is 5.58. The largest absolute Gasteiger partial charge is 0.334 e. The first-order chi connectivity index (χ1) is 10.0. The molecule has 1 aromatic carbocycles. The molecule has 1 aliphatic carbocycles. The summed E-state index contributed by atoms with van der Waals surface area (Å²) in [7, 11) is 0. The van der Waals surface area contributed by atoms with Gasteiger partial charge in [-0.15, -0.1) is 11.6 Å². The van der Waals surface area contributed by atoms with Gasteiger partial charge in [0.1, 0.15) is 0 Å². The maximum Gasteiger partial charge on any atom is 0.271 e. The topological polar surface area (TPSA) is 63.4 Å². The number of nitro benzene ring substituents is 1. The average Bonchev–Trinajstić information content (AvgIpc) is 2.97. The Morgan fingerprint density at radius 2 is 2.05 bits per heavy atom. The number of hydrogen-bond acceptors (Lipinski definition) is 3. The average molecular weight is 376 g/mol. The van der Waals surface area contributed by atoms with Gasteiger partial charge >= 0.3 is 0 Å². The van der Waals surface area contributed by atoms with Crippen LogP contribution in [0.5, 0.6) is 0 Å². The van der Waals surface area contributed by atoms with E-state index >= 15 is 0 Å². The number of rotatable bonds is 5. The van der Waals surface area contributed by atoms with Gasteiger partial charge in [-0.05, 0) is 18.9 Å². The first-order valence-electron chi connectivity index (χ1n) is 6.85. The fourth-order valence-corrected chi connectivity index (χ4v) is 3.39. The molecule has 1 aliphatic rings. The van der Waals surface area contributed by atoms with Gasteiger partial charge in [0.2, 0.25) is 0 Å². The lowest BCUT2D eigenvalue weighted by Gasteiger charge is -2.28. The lowest BCUT2D eigenvalue weighted by molar-refractivity contribution is -0.385. The Morgan fingerprint density at radius 3 is 2.62 bits per heavy atom. The molecule has 0 spiro atoms. The SMILES string of the molecule is O=C(c1cc(Br)cc([N+](=O)[O-])c1)N(CCCl)C1CCCC1. The van der Waals surface area contributed by atoms with Crippen LogP contribution in [0.2, 0.25) is 0 Å². The Bertz CT molecular complexity index is 547. The molecule has 1 amide bonds. The van der Waals surface area contributed by atoms with Crippen LogP contribution in [0.4, 0.5) is 5.69 Å². The summed E-state index contributed by atoms with van der Waals surface area (Å²) in [6.07, 6.45) is 4.15. The second-order valence-corrected chi connectivity index (χ2v) is 6.37. The second kappa shape index (κ2) is 7.22. The van der Waals surface area contributed by atoms with Crippen molar-refractivity contribution in [2.75, 3.05) is 12.4 Å². The van der Waals surface area contributed by atoms with E-state index < -0.39 is 4.92 Å². The molecule has 21 heavy (non-hydrogen) atoms. The summed E-state index contributed by atoms with van der Waals surface area (Å²) in [5.41, 5.74) is 0.234. The Labute approximate surface area is 136 Å². The van der Waals surface area contributed by atoms with Crippen LogP contribution in [0.1, 0.15) is 36.0 Å². The number of non-ortho nitro benzene ring substituents is 1. The summed E-state index contributed by atoms with van der Waals surface area (Å²) in [5, 5.41) is 10.9. The first-order valence-corrected chi connectivity index (χ1v) is 8.17. The lowest BCUT2D eigenvalue weighted by Crippen LogP contribution is -2.40. The van der Waals surface area contributed by atoms with Gasteiger partial charge in [0, 0.05) is 40.6 Å². The number of carbonyl (C=O) groups is 1. The highest BCUT2D eigenvalue weighted by atomic mass is 79.9. The van der Waals surface area contributed by atoms with E-state index in [1.807, 2.05) is 0 Å². The molecule has 0 heterocycles. The summed E-state index contributed by atoms with van der Waals surface area (Å²) in [6, 6.07) is 4.52. The predicted octanol–water partition coefficient (Wildman–Crippen LogP) is 3.98. The van der Waals surface area contributed by atoms with Crippen LogP contribution >= 0.6 is 27.5 Å². The van der Waals surface area contributed by atoms with Gasteiger partial charge in [-0.2, -0.15) is 0 Å². The molecular weight excluding hydrogens is 360 g/mol. The molecule has 5 nitrogen and oxygen atoms in total. The van der Waals surface area contributed by atoms with Crippen LogP contribution < -0.4 is 0 Å². The first kappa shape index (κ1) is 16.2. The lowest BCUT2D eigenvalue weighted by atomic mass is 10.1. The molecule has 0 bridgehead atoms. The van der Waals surface area contributed by atoms with Crippen LogP contribution in [-0.4, -0.2) is 34.2 Å². The normalized spacial score (nSPS) is 15.1. The van der Waals surface area contributed by atoms with Crippen LogP contribution in [-0.2, 0) is 0 Å². The van der Waals surface area contributed by atoms with Crippen molar-refractivity contribution in [2.24, 2.45) is 0 Å². The number of nitrogens with zero attached hydrogens (tertiary/aromatic N) is 2. The fourth-order valence-electron chi connectivity index (χ4n) is 2.73. The molecule has 1 saturated carbocycles. The summed E-state index contributed by atoms with van der Waals surface area (Å²) < 4.78 is 0.525. The van der Waals surface area contributed by atoms with E-state index in [2.05, 4.69) is 15.9 Å². The van der Waals surface area contributed by atoms with Gasteiger partial charge in [0.15, 0.2) is 0 Å². The standard InChI is InChI=1S/C14H16BrClN2O3/c15-11-7-10(8-13(9-11)18(20)21)14(19)17(6-5-16)12-3-1-2-4-12/h7-9,12H,1-6H2. The summed E-state index contributed by atoms with van der Waals surface area (Å²) in [5.74, 6) is 0.171. The monoisotopic (exact) mass is 374 g/mol. The van der Waals surface area contributed by atoms with Crippen molar-refractivity contribution < 1.29 is 9.72 Å². The zero-order chi connectivity index (χ0) is 15.4. The fraction of sp³-hybridized carbons (Fsp3) is 0.500. The Hall–Kier alpha value is -1.14. The highest BCUT2D eigenvalue weighted by Crippen LogP contribution is 2.27. The maximum atomic E-state index is 12.7. The number of hydrogen-bond donors (Lipinski definition) is 0. The van der Waals surface area contributed by atoms with Crippen molar-refractivity contribution in [3.63, 3.8) is 0 Å². The molecule has 0 atom stereocenters. The second-order valence-electron chi connectivity index (χ2n) is 5.08. The van der Waals surface area contributed by atoms with E-state index in [1.54, 1.807) is 11.0 Å². The molecular formula is C14H16BrClN2O3. The van der Waals surface area contributed by atoms with Crippen LogP contribution in [0.15, 0.2) is 22.7 Å². The molecule has 0 unspecified atom stereocenters. The van der Waals surface area contributed by atoms with Crippen molar-refractivity contribution >= 4 is 39.1 Å². The smallest absolute Gasteiger partial charge is 0.271 e. The van der Waals surface area contributed by atoms with Gasteiger partial charge in [-0.3, -0.25) is 14.9 Å². The number of benzene rings is 1. The predicted molar refractivity (Wildman–Crippen MR) is 84.8 cm³/mol. The minimum atomic E-state index is -0.497. The summed E-state index contributed by atoms with van der Waals surface area (Å²) in [4.78, 5) is 24.8. The van der Waals surface area contributed by atoms with E-state index in [9.17, 15) is 14.9 Å². The van der Waals surface area contributed by atoms with Gasteiger partial charge in [0.25, 0.3) is 11.6 Å². The van der Waals surface area contributed by atoms with Gasteiger partial charge in [0.05, 0.1) is 4.92 Å². The third-order valence-corrected chi connectivity index (χ3v) is 4.32. The molecule has 0 aliphatic heterocycles. The van der Waals surface area contributed by atoms with Crippen LogP contribution in [0.3, 0.4) is 0 Å². The van der Waals surface area contributed by atoms with Crippen LogP contribution in [0.25, 0.3) is 0 Å². The highest BCUT2D eigenvalue weighted by Gasteiger charge is 2.28. The summed E-state index contributed by atoms with van der Waals surface area (Å²) in [6.45, 7) is 0.464. The highest BCUT2D eigenvalue weighted by molar-refractivity contribution is 9.10. The van der Waals surface area contributed by atoms with Crippen LogP contribution in [0, 0.1) is 10.1 Å². The minimum Gasteiger partial charge on any atom is -0.334 e. The van der Waals surface area contributed by atoms with E-state index in [0.717, 1.165) is 25.7 Å². The molecule has 1 fully saturated rings. The number of amides is 1. The molecule has 2 rings (SSSR count). The maximum absolute atomic E-state index is 12.7. The van der Waals surface area contributed by atoms with E-state index in [0.29, 0.717) is 22.5 Å². The molecule has 0 saturated heterocycles. The van der Waals surface area contributed by atoms with Crippen molar-refractivity contribution in [2.45, 2.75) is 31.7 Å². The van der Waals surface area contributed by atoms with E-state index in [4.69, 9.17) is 11.6 Å². The Balaban J connectivity index is 2.29.